The Bertz CT molecular complexity index is 590. The molecule has 0 bridgehead atoms. The van der Waals surface area contributed by atoms with Gasteiger partial charge in [0.2, 0.25) is 0 Å². The van der Waals surface area contributed by atoms with Gasteiger partial charge >= 0.3 is 5.97 Å². The van der Waals surface area contributed by atoms with Crippen LogP contribution in [-0.4, -0.2) is 41.7 Å². The first-order chi connectivity index (χ1) is 9.34. The summed E-state index contributed by atoms with van der Waals surface area (Å²) in [6.07, 6.45) is 3.85. The van der Waals surface area contributed by atoms with Crippen molar-refractivity contribution in [3.63, 3.8) is 0 Å². The van der Waals surface area contributed by atoms with Crippen molar-refractivity contribution >= 4 is 27.3 Å². The Labute approximate surface area is 120 Å². The Morgan fingerprint density at radius 1 is 1.40 bits per heavy atom. The molecule has 9 heteroatoms. The summed E-state index contributed by atoms with van der Waals surface area (Å²) in [5.41, 5.74) is -0.356. The topological polar surface area (TPSA) is 117 Å². The number of rotatable bonds is 5. The Morgan fingerprint density at radius 3 is 2.65 bits per heavy atom. The van der Waals surface area contributed by atoms with E-state index in [4.69, 9.17) is 5.11 Å². The molecule has 2 rings (SSSR count). The highest BCUT2D eigenvalue weighted by molar-refractivity contribution is 7.91. The minimum absolute atomic E-state index is 0.105. The van der Waals surface area contributed by atoms with Crippen molar-refractivity contribution < 1.29 is 23.4 Å². The fourth-order valence-electron chi connectivity index (χ4n) is 2.25. The molecule has 1 aromatic rings. The molecule has 0 aromatic carbocycles. The van der Waals surface area contributed by atoms with Gasteiger partial charge in [0, 0.05) is 6.54 Å². The minimum Gasteiger partial charge on any atom is -0.476 e. The molecule has 0 saturated heterocycles. The lowest BCUT2D eigenvalue weighted by atomic mass is 9.85. The van der Waals surface area contributed by atoms with Gasteiger partial charge in [-0.15, -0.1) is 11.3 Å². The fraction of sp³-hybridized carbons (Fsp3) is 0.636. The summed E-state index contributed by atoms with van der Waals surface area (Å²) in [6.45, 7) is -0.105. The number of carboxylic acids is 1. The number of aliphatic hydroxyl groups is 1. The molecule has 0 radical (unpaired) electrons. The zero-order valence-corrected chi connectivity index (χ0v) is 12.3. The van der Waals surface area contributed by atoms with Crippen LogP contribution in [0.25, 0.3) is 0 Å². The van der Waals surface area contributed by atoms with Crippen LogP contribution in [0, 0.1) is 0 Å². The lowest BCUT2D eigenvalue weighted by Crippen LogP contribution is -2.44. The standard InChI is InChI=1S/C11H16N2O5S2/c14-9(15)8-10(19-7-12-8)20(17,18)13-6-11(16)4-2-1-3-5-11/h7,13,16H,1-6H2,(H,14,15). The predicted molar refractivity (Wildman–Crippen MR) is 72.3 cm³/mol. The molecule has 1 aliphatic rings. The third-order valence-corrected chi connectivity index (χ3v) is 6.13. The van der Waals surface area contributed by atoms with Crippen molar-refractivity contribution in [1.29, 1.82) is 0 Å². The van der Waals surface area contributed by atoms with Crippen molar-refractivity contribution in [1.82, 2.24) is 9.71 Å². The number of nitrogens with one attached hydrogen (secondary N) is 1. The molecule has 0 unspecified atom stereocenters. The van der Waals surface area contributed by atoms with Crippen LogP contribution in [0.3, 0.4) is 0 Å². The first kappa shape index (κ1) is 15.4. The maximum atomic E-state index is 12.1. The van der Waals surface area contributed by atoms with Gasteiger partial charge in [0.05, 0.1) is 11.1 Å². The first-order valence-corrected chi connectivity index (χ1v) is 8.59. The van der Waals surface area contributed by atoms with Crippen molar-refractivity contribution in [2.45, 2.75) is 41.9 Å². The lowest BCUT2D eigenvalue weighted by molar-refractivity contribution is 0.00946. The molecule has 0 aliphatic heterocycles. The summed E-state index contributed by atoms with van der Waals surface area (Å²) < 4.78 is 26.1. The van der Waals surface area contributed by atoms with Crippen molar-refractivity contribution in [2.24, 2.45) is 0 Å². The highest BCUT2D eigenvalue weighted by atomic mass is 32.2. The summed E-state index contributed by atoms with van der Waals surface area (Å²) in [7, 11) is -3.96. The van der Waals surface area contributed by atoms with Gasteiger partial charge in [0.1, 0.15) is 0 Å². The quantitative estimate of drug-likeness (QED) is 0.739. The molecule has 0 atom stereocenters. The summed E-state index contributed by atoms with van der Waals surface area (Å²) in [4.78, 5) is 14.4. The van der Waals surface area contributed by atoms with Crippen molar-refractivity contribution in [3.8, 4) is 0 Å². The second kappa shape index (κ2) is 5.76. The van der Waals surface area contributed by atoms with Gasteiger partial charge in [-0.05, 0) is 12.8 Å². The number of sulfonamides is 1. The molecule has 1 heterocycles. The molecule has 1 aliphatic carbocycles. The van der Waals surface area contributed by atoms with E-state index in [1.54, 1.807) is 0 Å². The van der Waals surface area contributed by atoms with Gasteiger partial charge in [-0.2, -0.15) is 0 Å². The van der Waals surface area contributed by atoms with Crippen LogP contribution >= 0.6 is 11.3 Å². The van der Waals surface area contributed by atoms with E-state index in [2.05, 4.69) is 9.71 Å². The van der Waals surface area contributed by atoms with Crippen LogP contribution in [-0.2, 0) is 10.0 Å². The van der Waals surface area contributed by atoms with Crippen LogP contribution in [0.5, 0.6) is 0 Å². The maximum Gasteiger partial charge on any atom is 0.356 e. The Kier molecular flexibility index (Phi) is 4.43. The second-order valence-corrected chi connectivity index (χ2v) is 7.72. The average Bonchev–Trinajstić information content (AvgIpc) is 2.88. The van der Waals surface area contributed by atoms with Crippen LogP contribution in [0.4, 0.5) is 0 Å². The van der Waals surface area contributed by atoms with Crippen LogP contribution < -0.4 is 4.72 Å². The number of aromatic nitrogens is 1. The molecule has 20 heavy (non-hydrogen) atoms. The summed E-state index contributed by atoms with van der Waals surface area (Å²) in [6, 6.07) is 0. The third-order valence-electron chi connectivity index (χ3n) is 3.36. The highest BCUT2D eigenvalue weighted by Crippen LogP contribution is 2.28. The molecular formula is C11H16N2O5S2. The van der Waals surface area contributed by atoms with Gasteiger partial charge in [0.25, 0.3) is 10.0 Å². The van der Waals surface area contributed by atoms with Gasteiger partial charge in [-0.1, -0.05) is 19.3 Å². The van der Waals surface area contributed by atoms with Crippen LogP contribution in [0.1, 0.15) is 42.6 Å². The zero-order valence-electron chi connectivity index (χ0n) is 10.7. The zero-order chi connectivity index (χ0) is 14.8. The molecule has 1 saturated carbocycles. The molecule has 1 fully saturated rings. The van der Waals surface area contributed by atoms with Crippen LogP contribution in [0.2, 0.25) is 0 Å². The molecule has 112 valence electrons. The summed E-state index contributed by atoms with van der Waals surface area (Å²) in [5.74, 6) is -1.39. The van der Waals surface area contributed by atoms with Crippen molar-refractivity contribution in [2.75, 3.05) is 6.54 Å². The third kappa shape index (κ3) is 3.35. The van der Waals surface area contributed by atoms with E-state index < -0.39 is 27.3 Å². The SMILES string of the molecule is O=C(O)c1ncsc1S(=O)(=O)NCC1(O)CCCCC1. The Morgan fingerprint density at radius 2 is 2.05 bits per heavy atom. The van der Waals surface area contributed by atoms with Gasteiger partial charge in [0.15, 0.2) is 9.90 Å². The lowest BCUT2D eigenvalue weighted by Gasteiger charge is -2.31. The summed E-state index contributed by atoms with van der Waals surface area (Å²) in [5, 5.41) is 19.1. The smallest absolute Gasteiger partial charge is 0.356 e. The molecule has 3 N–H and O–H groups in total. The van der Waals surface area contributed by atoms with E-state index in [1.807, 2.05) is 0 Å². The van der Waals surface area contributed by atoms with E-state index in [9.17, 15) is 18.3 Å². The van der Waals surface area contributed by atoms with E-state index in [-0.39, 0.29) is 10.8 Å². The number of hydrogen-bond donors (Lipinski definition) is 3. The van der Waals surface area contributed by atoms with Gasteiger partial charge in [-0.3, -0.25) is 0 Å². The van der Waals surface area contributed by atoms with Gasteiger partial charge < -0.3 is 10.2 Å². The molecule has 0 amide bonds. The van der Waals surface area contributed by atoms with E-state index in [1.165, 1.54) is 5.51 Å². The highest BCUT2D eigenvalue weighted by Gasteiger charge is 2.32. The molecular weight excluding hydrogens is 304 g/mol. The molecule has 7 nitrogen and oxygen atoms in total. The predicted octanol–water partition coefficient (Wildman–Crippen LogP) is 0.815. The fourth-order valence-corrected chi connectivity index (χ4v) is 4.55. The number of aromatic carboxylic acids is 1. The largest absolute Gasteiger partial charge is 0.476 e. The summed E-state index contributed by atoms with van der Waals surface area (Å²) >= 11 is 0.746. The van der Waals surface area contributed by atoms with Crippen LogP contribution in [0.15, 0.2) is 9.72 Å². The molecule has 1 aromatic heterocycles. The minimum atomic E-state index is -3.96. The first-order valence-electron chi connectivity index (χ1n) is 6.23. The van der Waals surface area contributed by atoms with E-state index >= 15 is 0 Å². The number of hydrogen-bond acceptors (Lipinski definition) is 6. The molecule has 0 spiro atoms. The number of carbonyl (C=O) groups is 1. The van der Waals surface area contributed by atoms with E-state index in [0.29, 0.717) is 12.8 Å². The number of carboxylic acid groups (broad SMARTS) is 1. The second-order valence-electron chi connectivity index (χ2n) is 4.90. The van der Waals surface area contributed by atoms with Crippen molar-refractivity contribution in [3.05, 3.63) is 11.2 Å². The maximum absolute atomic E-state index is 12.1. The monoisotopic (exact) mass is 320 g/mol. The average molecular weight is 320 g/mol. The number of thiazole rings is 1. The Balaban J connectivity index is 2.11. The normalized spacial score (nSPS) is 18.9. The van der Waals surface area contributed by atoms with E-state index in [0.717, 1.165) is 30.6 Å². The Hall–Kier alpha value is -1.03. The number of nitrogens with zero attached hydrogens (tertiary/aromatic N) is 1. The van der Waals surface area contributed by atoms with Gasteiger partial charge in [-0.25, -0.2) is 22.9 Å².